The average molecular weight is 698 g/mol. The molecule has 152 valence electrons. The molecule has 11 heteroatoms. The maximum Gasteiger partial charge on any atom is 1.00 e. The fourth-order valence-electron chi connectivity index (χ4n) is 3.49. The number of hydrogen-bond acceptors (Lipinski definition) is 4. The SMILES string of the molecule is O=C(O)c1ccccc1C1C2=C(Oc3c1cc(Br)c(O)c3Br)C(Br)C(=O)C(Br)=C2.[H-].[H-].[Na+].[Na+]. The van der Waals surface area contributed by atoms with Gasteiger partial charge in [-0.05, 0) is 71.6 Å². The van der Waals surface area contributed by atoms with Crippen LogP contribution >= 0.6 is 63.7 Å². The number of carbonyl (C=O) groups is 2. The van der Waals surface area contributed by atoms with Crippen molar-refractivity contribution in [3.8, 4) is 11.5 Å². The standard InChI is InChI=1S/C20H10Br4O5.2Na.2H/c21-11-5-9-13(7-3-1-2-4-8(7)20(27)28)10-6-12(22)17(26)15(24)19(10)29-18(9)14(23)16(11)25;;;;/h1-6,13-14,26H,(H,27,28);;;;/q;2*+1;2*-1. The number of aromatic carboxylic acids is 1. The average Bonchev–Trinajstić information content (AvgIpc) is 2.69. The van der Waals surface area contributed by atoms with Gasteiger partial charge < -0.3 is 17.8 Å². The number of phenols is 1. The zero-order valence-electron chi connectivity index (χ0n) is 18.2. The van der Waals surface area contributed by atoms with Crippen LogP contribution in [0.1, 0.15) is 30.3 Å². The van der Waals surface area contributed by atoms with Gasteiger partial charge in [0.1, 0.15) is 26.6 Å². The minimum absolute atomic E-state index is 0. The first-order valence-electron chi connectivity index (χ1n) is 8.22. The van der Waals surface area contributed by atoms with Crippen molar-refractivity contribution in [3.05, 3.63) is 77.9 Å². The molecule has 0 amide bonds. The van der Waals surface area contributed by atoms with E-state index in [9.17, 15) is 19.8 Å². The van der Waals surface area contributed by atoms with Crippen LogP contribution in [0, 0.1) is 0 Å². The molecule has 0 radical (unpaired) electrons. The minimum atomic E-state index is -1.06. The van der Waals surface area contributed by atoms with Crippen LogP contribution in [-0.4, -0.2) is 26.8 Å². The van der Waals surface area contributed by atoms with Crippen molar-refractivity contribution in [2.24, 2.45) is 0 Å². The summed E-state index contributed by atoms with van der Waals surface area (Å²) in [4.78, 5) is 23.6. The van der Waals surface area contributed by atoms with Gasteiger partial charge in [-0.25, -0.2) is 4.79 Å². The van der Waals surface area contributed by atoms with E-state index in [4.69, 9.17) is 4.74 Å². The maximum absolute atomic E-state index is 12.5. The molecule has 1 aliphatic carbocycles. The Morgan fingerprint density at radius 2 is 1.74 bits per heavy atom. The van der Waals surface area contributed by atoms with Crippen molar-refractivity contribution in [1.82, 2.24) is 0 Å². The molecule has 2 N–H and O–H groups in total. The van der Waals surface area contributed by atoms with E-state index in [1.165, 1.54) is 6.07 Å². The van der Waals surface area contributed by atoms with E-state index in [2.05, 4.69) is 63.7 Å². The van der Waals surface area contributed by atoms with Crippen LogP contribution in [0.3, 0.4) is 0 Å². The monoisotopic (exact) mass is 694 g/mol. The van der Waals surface area contributed by atoms with Gasteiger partial charge in [0.25, 0.3) is 0 Å². The van der Waals surface area contributed by atoms with E-state index >= 15 is 0 Å². The molecular formula is C20H12Br4Na2O5. The molecule has 0 saturated carbocycles. The predicted octanol–water partition coefficient (Wildman–Crippen LogP) is 0.252. The zero-order chi connectivity index (χ0) is 21.0. The molecule has 0 saturated heterocycles. The number of fused-ring (bicyclic) bond motifs is 1. The number of carboxylic acid groups (broad SMARTS) is 1. The van der Waals surface area contributed by atoms with Crippen LogP contribution in [0.5, 0.6) is 11.5 Å². The molecule has 5 nitrogen and oxygen atoms in total. The topological polar surface area (TPSA) is 83.8 Å². The van der Waals surface area contributed by atoms with Crippen LogP contribution in [0.2, 0.25) is 0 Å². The van der Waals surface area contributed by atoms with Gasteiger partial charge in [-0.2, -0.15) is 0 Å². The molecule has 4 rings (SSSR count). The summed E-state index contributed by atoms with van der Waals surface area (Å²) >= 11 is 13.4. The van der Waals surface area contributed by atoms with Gasteiger partial charge in [0.2, 0.25) is 0 Å². The number of alkyl halides is 1. The molecule has 1 aliphatic heterocycles. The van der Waals surface area contributed by atoms with Gasteiger partial charge in [-0.3, -0.25) is 4.79 Å². The first kappa shape index (κ1) is 27.8. The summed E-state index contributed by atoms with van der Waals surface area (Å²) in [6.07, 6.45) is 1.66. The summed E-state index contributed by atoms with van der Waals surface area (Å²) in [7, 11) is 0. The number of Topliss-reactive ketones (excluding diaryl/α,β-unsaturated/α-hetero) is 1. The third-order valence-electron chi connectivity index (χ3n) is 4.78. The third-order valence-corrected chi connectivity index (χ3v) is 7.57. The molecule has 0 bridgehead atoms. The van der Waals surface area contributed by atoms with Crippen LogP contribution < -0.4 is 63.9 Å². The second kappa shape index (κ2) is 10.9. The number of ether oxygens (including phenoxy) is 1. The number of allylic oxidation sites excluding steroid dienone is 4. The van der Waals surface area contributed by atoms with Crippen LogP contribution in [0.15, 0.2) is 61.2 Å². The quantitative estimate of drug-likeness (QED) is 0.348. The van der Waals surface area contributed by atoms with E-state index in [1.807, 2.05) is 0 Å². The Balaban J connectivity index is 0.00000256. The molecule has 2 unspecified atom stereocenters. The summed E-state index contributed by atoms with van der Waals surface area (Å²) in [5.74, 6) is -1.16. The van der Waals surface area contributed by atoms with Crippen molar-refractivity contribution < 1.29 is 86.5 Å². The first-order chi connectivity index (χ1) is 13.7. The van der Waals surface area contributed by atoms with Gasteiger partial charge in [0.15, 0.2) is 5.78 Å². The van der Waals surface area contributed by atoms with E-state index < -0.39 is 16.7 Å². The fourth-order valence-corrected chi connectivity index (χ4v) is 6.11. The second-order valence-electron chi connectivity index (χ2n) is 6.41. The Bertz CT molecular complexity index is 1170. The summed E-state index contributed by atoms with van der Waals surface area (Å²) in [6, 6.07) is 8.40. The number of benzene rings is 2. The van der Waals surface area contributed by atoms with E-state index in [0.717, 1.165) is 0 Å². The Kier molecular flexibility index (Phi) is 9.77. The molecular weight excluding hydrogens is 686 g/mol. The Morgan fingerprint density at radius 1 is 1.10 bits per heavy atom. The van der Waals surface area contributed by atoms with Crippen LogP contribution in [0.4, 0.5) is 0 Å². The second-order valence-corrected chi connectivity index (χ2v) is 9.82. The molecule has 0 spiro atoms. The smallest absolute Gasteiger partial charge is 1.00 e. The Morgan fingerprint density at radius 3 is 2.39 bits per heavy atom. The van der Waals surface area contributed by atoms with Gasteiger partial charge in [0.05, 0.1) is 14.5 Å². The normalized spacial score (nSPS) is 19.2. The minimum Gasteiger partial charge on any atom is -1.00 e. The van der Waals surface area contributed by atoms with Crippen LogP contribution in [-0.2, 0) is 4.79 Å². The molecule has 31 heavy (non-hydrogen) atoms. The van der Waals surface area contributed by atoms with Crippen molar-refractivity contribution in [1.29, 1.82) is 0 Å². The summed E-state index contributed by atoms with van der Waals surface area (Å²) in [6.45, 7) is 0. The largest absolute Gasteiger partial charge is 1.00 e. The van der Waals surface area contributed by atoms with Gasteiger partial charge in [-0.1, -0.05) is 34.1 Å². The number of carbonyl (C=O) groups excluding carboxylic acids is 1. The molecule has 0 fully saturated rings. The number of phenolic OH excluding ortho intramolecular Hbond substituents is 1. The number of ketones is 1. The van der Waals surface area contributed by atoms with E-state index in [-0.39, 0.29) is 79.1 Å². The molecule has 2 atom stereocenters. The fraction of sp³-hybridized carbons (Fsp3) is 0.100. The van der Waals surface area contributed by atoms with Crippen molar-refractivity contribution in [2.45, 2.75) is 10.7 Å². The van der Waals surface area contributed by atoms with Crippen molar-refractivity contribution in [3.63, 3.8) is 0 Å². The molecule has 2 aromatic carbocycles. The molecule has 1 heterocycles. The predicted molar refractivity (Wildman–Crippen MR) is 123 cm³/mol. The Hall–Kier alpha value is 0.580. The van der Waals surface area contributed by atoms with E-state index in [1.54, 1.807) is 30.3 Å². The number of rotatable bonds is 2. The first-order valence-corrected chi connectivity index (χ1v) is 11.5. The summed E-state index contributed by atoms with van der Waals surface area (Å²) in [5, 5.41) is 20.1. The molecule has 2 aliphatic rings. The van der Waals surface area contributed by atoms with Crippen LogP contribution in [0.25, 0.3) is 0 Å². The number of aromatic hydroxyl groups is 1. The van der Waals surface area contributed by atoms with Gasteiger partial charge in [-0.15, -0.1) is 0 Å². The third kappa shape index (κ3) is 4.88. The summed E-state index contributed by atoms with van der Waals surface area (Å²) in [5.41, 5.74) is 2.00. The van der Waals surface area contributed by atoms with Crippen molar-refractivity contribution >= 4 is 75.5 Å². The maximum atomic E-state index is 12.5. The number of hydrogen-bond donors (Lipinski definition) is 2. The number of carboxylic acids is 1. The summed E-state index contributed by atoms with van der Waals surface area (Å²) < 4.78 is 7.16. The molecule has 0 aromatic heterocycles. The number of halogens is 4. The molecule has 2 aromatic rings. The van der Waals surface area contributed by atoms with Gasteiger partial charge in [0, 0.05) is 17.1 Å². The Labute approximate surface area is 258 Å². The van der Waals surface area contributed by atoms with Crippen molar-refractivity contribution in [2.75, 3.05) is 0 Å². The zero-order valence-corrected chi connectivity index (χ0v) is 26.6. The van der Waals surface area contributed by atoms with Gasteiger partial charge >= 0.3 is 65.1 Å². The van der Waals surface area contributed by atoms with E-state index in [0.29, 0.717) is 41.6 Å².